The van der Waals surface area contributed by atoms with Gasteiger partial charge in [0.2, 0.25) is 0 Å². The summed E-state index contributed by atoms with van der Waals surface area (Å²) < 4.78 is 10.6. The zero-order valence-corrected chi connectivity index (χ0v) is 7.83. The van der Waals surface area contributed by atoms with Gasteiger partial charge in [-0.3, -0.25) is 0 Å². The summed E-state index contributed by atoms with van der Waals surface area (Å²) in [5.74, 6) is 1.68. The van der Waals surface area contributed by atoms with Crippen molar-refractivity contribution < 1.29 is 9.47 Å². The number of ether oxygens (including phenoxy) is 2. The highest BCUT2D eigenvalue weighted by atomic mass is 16.5. The van der Waals surface area contributed by atoms with Crippen LogP contribution in [0.3, 0.4) is 0 Å². The van der Waals surface area contributed by atoms with E-state index in [1.54, 1.807) is 13.4 Å². The van der Waals surface area contributed by atoms with Gasteiger partial charge in [0, 0.05) is 5.56 Å². The fourth-order valence-electron chi connectivity index (χ4n) is 1.54. The first-order valence-electron chi connectivity index (χ1n) is 4.30. The summed E-state index contributed by atoms with van der Waals surface area (Å²) in [4.78, 5) is 0. The van der Waals surface area contributed by atoms with E-state index < -0.39 is 0 Å². The Morgan fingerprint density at radius 2 is 2.23 bits per heavy atom. The van der Waals surface area contributed by atoms with E-state index in [0.29, 0.717) is 0 Å². The van der Waals surface area contributed by atoms with Crippen LogP contribution in [0.2, 0.25) is 0 Å². The first kappa shape index (κ1) is 8.17. The molecule has 1 aromatic carbocycles. The van der Waals surface area contributed by atoms with Gasteiger partial charge >= 0.3 is 0 Å². The Labute approximate surface area is 77.8 Å². The van der Waals surface area contributed by atoms with E-state index >= 15 is 0 Å². The topological polar surface area (TPSA) is 18.5 Å². The van der Waals surface area contributed by atoms with Crippen molar-refractivity contribution in [1.82, 2.24) is 0 Å². The summed E-state index contributed by atoms with van der Waals surface area (Å²) >= 11 is 0. The molecule has 2 nitrogen and oxygen atoms in total. The van der Waals surface area contributed by atoms with E-state index in [2.05, 4.69) is 13.0 Å². The lowest BCUT2D eigenvalue weighted by atomic mass is 10.1. The molecule has 0 radical (unpaired) electrons. The molecule has 0 saturated carbocycles. The van der Waals surface area contributed by atoms with E-state index in [1.165, 1.54) is 11.1 Å². The van der Waals surface area contributed by atoms with Crippen LogP contribution >= 0.6 is 0 Å². The highest BCUT2D eigenvalue weighted by Crippen LogP contribution is 2.35. The molecular weight excluding hydrogens is 164 g/mol. The fourth-order valence-corrected chi connectivity index (χ4v) is 1.54. The molecule has 0 amide bonds. The molecule has 0 unspecified atom stereocenters. The summed E-state index contributed by atoms with van der Waals surface area (Å²) in [6.45, 7) is 2.06. The lowest BCUT2D eigenvalue weighted by molar-refractivity contribution is 0.372. The predicted octanol–water partition coefficient (Wildman–Crippen LogP) is 2.45. The zero-order chi connectivity index (χ0) is 9.26. The quantitative estimate of drug-likeness (QED) is 0.654. The van der Waals surface area contributed by atoms with Gasteiger partial charge in [-0.1, -0.05) is 6.07 Å². The van der Waals surface area contributed by atoms with E-state index in [0.717, 1.165) is 17.9 Å². The Hall–Kier alpha value is -1.44. The van der Waals surface area contributed by atoms with Crippen molar-refractivity contribution in [2.24, 2.45) is 0 Å². The van der Waals surface area contributed by atoms with Crippen LogP contribution in [0.4, 0.5) is 0 Å². The van der Waals surface area contributed by atoms with Gasteiger partial charge in [0.15, 0.2) is 11.5 Å². The molecule has 0 N–H and O–H groups in total. The zero-order valence-electron chi connectivity index (χ0n) is 7.83. The number of rotatable bonds is 1. The number of benzene rings is 1. The number of methoxy groups -OCH3 is 1. The lowest BCUT2D eigenvalue weighted by Gasteiger charge is -2.15. The molecule has 13 heavy (non-hydrogen) atoms. The first-order valence-corrected chi connectivity index (χ1v) is 4.30. The van der Waals surface area contributed by atoms with Gasteiger partial charge in [0.25, 0.3) is 0 Å². The average molecular weight is 176 g/mol. The largest absolute Gasteiger partial charge is 0.493 e. The summed E-state index contributed by atoms with van der Waals surface area (Å²) in [7, 11) is 1.66. The summed E-state index contributed by atoms with van der Waals surface area (Å²) in [6, 6.07) is 4.11. The number of fused-ring (bicyclic) bond motifs is 1. The molecule has 0 bridgehead atoms. The minimum absolute atomic E-state index is 0.819. The van der Waals surface area contributed by atoms with E-state index in [4.69, 9.17) is 9.47 Å². The maximum absolute atomic E-state index is 5.39. The Balaban J connectivity index is 2.54. The Morgan fingerprint density at radius 3 is 3.00 bits per heavy atom. The van der Waals surface area contributed by atoms with Crippen LogP contribution in [-0.4, -0.2) is 7.11 Å². The number of allylic oxidation sites excluding steroid dienone is 1. The molecule has 68 valence electrons. The Bertz CT molecular complexity index is 353. The van der Waals surface area contributed by atoms with Crippen LogP contribution in [0.15, 0.2) is 24.5 Å². The summed E-state index contributed by atoms with van der Waals surface area (Å²) in [5.41, 5.74) is 2.40. The van der Waals surface area contributed by atoms with E-state index in [9.17, 15) is 0 Å². The van der Waals surface area contributed by atoms with Crippen molar-refractivity contribution in [3.63, 3.8) is 0 Å². The number of hydrogen-bond donors (Lipinski definition) is 0. The minimum Gasteiger partial charge on any atom is -0.493 e. The standard InChI is InChI=1S/C11H12O2/c1-8-6-9-4-3-5-13-11(9)10(7-8)12-2/h3,5-7H,4H2,1-2H3. The van der Waals surface area contributed by atoms with Gasteiger partial charge in [-0.2, -0.15) is 0 Å². The third kappa shape index (κ3) is 1.39. The third-order valence-corrected chi connectivity index (χ3v) is 2.12. The van der Waals surface area contributed by atoms with Crippen molar-refractivity contribution in [2.75, 3.05) is 7.11 Å². The van der Waals surface area contributed by atoms with Crippen LogP contribution in [0.5, 0.6) is 11.5 Å². The second-order valence-electron chi connectivity index (χ2n) is 3.15. The molecule has 2 heteroatoms. The van der Waals surface area contributed by atoms with Crippen LogP contribution in [-0.2, 0) is 6.42 Å². The molecule has 0 atom stereocenters. The molecule has 0 fully saturated rings. The molecule has 1 aromatic rings. The van der Waals surface area contributed by atoms with Gasteiger partial charge in [-0.05, 0) is 31.1 Å². The van der Waals surface area contributed by atoms with Gasteiger partial charge in [0.1, 0.15) is 0 Å². The van der Waals surface area contributed by atoms with Crippen molar-refractivity contribution in [2.45, 2.75) is 13.3 Å². The number of hydrogen-bond acceptors (Lipinski definition) is 2. The van der Waals surface area contributed by atoms with E-state index in [-0.39, 0.29) is 0 Å². The van der Waals surface area contributed by atoms with Gasteiger partial charge in [-0.25, -0.2) is 0 Å². The van der Waals surface area contributed by atoms with Crippen LogP contribution < -0.4 is 9.47 Å². The average Bonchev–Trinajstić information content (AvgIpc) is 2.16. The molecule has 1 heterocycles. The number of aryl methyl sites for hydroxylation is 1. The first-order chi connectivity index (χ1) is 6.31. The van der Waals surface area contributed by atoms with E-state index in [1.807, 2.05) is 12.1 Å². The maximum atomic E-state index is 5.39. The molecule has 2 rings (SSSR count). The highest BCUT2D eigenvalue weighted by Gasteiger charge is 2.12. The van der Waals surface area contributed by atoms with Gasteiger partial charge in [0.05, 0.1) is 13.4 Å². The monoisotopic (exact) mass is 176 g/mol. The van der Waals surface area contributed by atoms with Crippen molar-refractivity contribution >= 4 is 0 Å². The molecule has 0 spiro atoms. The molecular formula is C11H12O2. The van der Waals surface area contributed by atoms with Crippen LogP contribution in [0.25, 0.3) is 0 Å². The molecule has 0 saturated heterocycles. The molecule has 1 aliphatic heterocycles. The van der Waals surface area contributed by atoms with Gasteiger partial charge in [-0.15, -0.1) is 0 Å². The second-order valence-corrected chi connectivity index (χ2v) is 3.15. The predicted molar refractivity (Wildman–Crippen MR) is 51.2 cm³/mol. The smallest absolute Gasteiger partial charge is 0.171 e. The SMILES string of the molecule is COc1cc(C)cc2c1OC=CC2. The second kappa shape index (κ2) is 3.13. The maximum Gasteiger partial charge on any atom is 0.171 e. The highest BCUT2D eigenvalue weighted by molar-refractivity contribution is 5.51. The van der Waals surface area contributed by atoms with Crippen LogP contribution in [0.1, 0.15) is 11.1 Å². The normalized spacial score (nSPS) is 13.4. The molecule has 1 aliphatic rings. The Morgan fingerprint density at radius 1 is 1.38 bits per heavy atom. The van der Waals surface area contributed by atoms with Crippen molar-refractivity contribution in [1.29, 1.82) is 0 Å². The van der Waals surface area contributed by atoms with Crippen LogP contribution in [0, 0.1) is 6.92 Å². The fraction of sp³-hybridized carbons (Fsp3) is 0.273. The van der Waals surface area contributed by atoms with Crippen molar-refractivity contribution in [3.8, 4) is 11.5 Å². The Kier molecular flexibility index (Phi) is 1.97. The molecule has 0 aliphatic carbocycles. The summed E-state index contributed by atoms with van der Waals surface area (Å²) in [5, 5.41) is 0. The minimum atomic E-state index is 0.819. The van der Waals surface area contributed by atoms with Crippen molar-refractivity contribution in [3.05, 3.63) is 35.6 Å². The van der Waals surface area contributed by atoms with Gasteiger partial charge < -0.3 is 9.47 Å². The third-order valence-electron chi connectivity index (χ3n) is 2.12. The molecule has 0 aromatic heterocycles. The lowest BCUT2D eigenvalue weighted by Crippen LogP contribution is -1.99. The summed E-state index contributed by atoms with van der Waals surface area (Å²) in [6.07, 6.45) is 4.63.